The number of para-hydroxylation sites is 1. The number of carbonyl (C=O) groups excluding carboxylic acids is 1. The van der Waals surface area contributed by atoms with Crippen molar-refractivity contribution in [3.63, 3.8) is 0 Å². The predicted molar refractivity (Wildman–Crippen MR) is 93.4 cm³/mol. The van der Waals surface area contributed by atoms with E-state index in [1.54, 1.807) is 6.07 Å². The lowest BCUT2D eigenvalue weighted by atomic mass is 10.1. The Bertz CT molecular complexity index is 706. The fourth-order valence-electron chi connectivity index (χ4n) is 2.79. The van der Waals surface area contributed by atoms with Crippen molar-refractivity contribution in [3.05, 3.63) is 47.4 Å². The summed E-state index contributed by atoms with van der Waals surface area (Å²) in [4.78, 5) is 20.7. The van der Waals surface area contributed by atoms with Gasteiger partial charge in [0.2, 0.25) is 0 Å². The molecule has 2 aromatic rings. The first-order chi connectivity index (χ1) is 11.6. The molecule has 6 nitrogen and oxygen atoms in total. The zero-order valence-corrected chi connectivity index (χ0v) is 14.0. The van der Waals surface area contributed by atoms with E-state index in [4.69, 9.17) is 4.74 Å². The highest BCUT2D eigenvalue weighted by Crippen LogP contribution is 2.20. The van der Waals surface area contributed by atoms with Gasteiger partial charge in [-0.1, -0.05) is 18.2 Å². The van der Waals surface area contributed by atoms with Crippen LogP contribution >= 0.6 is 0 Å². The molecule has 1 amide bonds. The second-order valence-electron chi connectivity index (χ2n) is 6.03. The first-order valence-corrected chi connectivity index (χ1v) is 8.18. The molecule has 0 radical (unpaired) electrons. The molecule has 1 saturated heterocycles. The van der Waals surface area contributed by atoms with Crippen molar-refractivity contribution in [2.75, 3.05) is 23.8 Å². The van der Waals surface area contributed by atoms with Crippen LogP contribution in [-0.4, -0.2) is 35.1 Å². The molecule has 0 spiro atoms. The molecular formula is C18H22N4O2. The highest BCUT2D eigenvalue weighted by Gasteiger charge is 2.16. The summed E-state index contributed by atoms with van der Waals surface area (Å²) in [6, 6.07) is 7.57. The maximum Gasteiger partial charge on any atom is 0.274 e. The van der Waals surface area contributed by atoms with E-state index in [0.29, 0.717) is 18.1 Å². The predicted octanol–water partition coefficient (Wildman–Crippen LogP) is 2.94. The van der Waals surface area contributed by atoms with Gasteiger partial charge in [0, 0.05) is 24.9 Å². The maximum absolute atomic E-state index is 12.5. The SMILES string of the molecule is Cc1cccc(C)c1NC(=O)c1cc(NCC2CCCO2)ncn1. The molecule has 3 rings (SSSR count). The first-order valence-electron chi connectivity index (χ1n) is 8.18. The lowest BCUT2D eigenvalue weighted by Gasteiger charge is -2.13. The molecular weight excluding hydrogens is 304 g/mol. The highest BCUT2D eigenvalue weighted by atomic mass is 16.5. The molecule has 1 aliphatic heterocycles. The van der Waals surface area contributed by atoms with Crippen LogP contribution in [0, 0.1) is 13.8 Å². The number of carbonyl (C=O) groups is 1. The Balaban J connectivity index is 1.67. The number of nitrogens with one attached hydrogen (secondary N) is 2. The summed E-state index contributed by atoms with van der Waals surface area (Å²) in [5, 5.41) is 6.15. The van der Waals surface area contributed by atoms with Crippen LogP contribution in [0.25, 0.3) is 0 Å². The third kappa shape index (κ3) is 3.89. The van der Waals surface area contributed by atoms with Gasteiger partial charge in [0.25, 0.3) is 5.91 Å². The van der Waals surface area contributed by atoms with Gasteiger partial charge in [-0.05, 0) is 37.8 Å². The number of amides is 1. The van der Waals surface area contributed by atoms with Gasteiger partial charge in [0.15, 0.2) is 0 Å². The van der Waals surface area contributed by atoms with E-state index in [2.05, 4.69) is 20.6 Å². The summed E-state index contributed by atoms with van der Waals surface area (Å²) < 4.78 is 5.57. The Hall–Kier alpha value is -2.47. The van der Waals surface area contributed by atoms with Crippen molar-refractivity contribution in [2.24, 2.45) is 0 Å². The number of rotatable bonds is 5. The number of hydrogen-bond donors (Lipinski definition) is 2. The summed E-state index contributed by atoms with van der Waals surface area (Å²) in [5.41, 5.74) is 3.21. The molecule has 1 unspecified atom stereocenters. The smallest absolute Gasteiger partial charge is 0.274 e. The number of anilines is 2. The monoisotopic (exact) mass is 326 g/mol. The minimum Gasteiger partial charge on any atom is -0.376 e. The standard InChI is InChI=1S/C18H22N4O2/c1-12-5-3-6-13(2)17(12)22-18(23)15-9-16(21-11-20-15)19-10-14-7-4-8-24-14/h3,5-6,9,11,14H,4,7-8,10H2,1-2H3,(H,22,23)(H,19,20,21). The Morgan fingerprint density at radius 1 is 1.29 bits per heavy atom. The third-order valence-electron chi connectivity index (χ3n) is 4.15. The molecule has 1 atom stereocenters. The van der Waals surface area contributed by atoms with Gasteiger partial charge in [0.05, 0.1) is 6.10 Å². The fraction of sp³-hybridized carbons (Fsp3) is 0.389. The van der Waals surface area contributed by atoms with Crippen LogP contribution in [0.3, 0.4) is 0 Å². The number of nitrogens with zero attached hydrogens (tertiary/aromatic N) is 2. The van der Waals surface area contributed by atoms with Gasteiger partial charge in [0.1, 0.15) is 17.8 Å². The fourth-order valence-corrected chi connectivity index (χ4v) is 2.79. The molecule has 0 saturated carbocycles. The molecule has 0 aliphatic carbocycles. The molecule has 0 bridgehead atoms. The Labute approximate surface area is 141 Å². The molecule has 2 heterocycles. The average Bonchev–Trinajstić information content (AvgIpc) is 3.10. The number of ether oxygens (including phenoxy) is 1. The van der Waals surface area contributed by atoms with Crippen LogP contribution in [0.1, 0.15) is 34.5 Å². The average molecular weight is 326 g/mol. The second kappa shape index (κ2) is 7.40. The zero-order chi connectivity index (χ0) is 16.9. The third-order valence-corrected chi connectivity index (χ3v) is 4.15. The normalized spacial score (nSPS) is 16.8. The lowest BCUT2D eigenvalue weighted by Crippen LogP contribution is -2.20. The van der Waals surface area contributed by atoms with Crippen LogP contribution in [0.5, 0.6) is 0 Å². The van der Waals surface area contributed by atoms with Crippen LogP contribution in [-0.2, 0) is 4.74 Å². The highest BCUT2D eigenvalue weighted by molar-refractivity contribution is 6.04. The summed E-state index contributed by atoms with van der Waals surface area (Å²) >= 11 is 0. The number of benzene rings is 1. The van der Waals surface area contributed by atoms with E-state index < -0.39 is 0 Å². The van der Waals surface area contributed by atoms with Crippen LogP contribution in [0.15, 0.2) is 30.6 Å². The van der Waals surface area contributed by atoms with E-state index >= 15 is 0 Å². The van der Waals surface area contributed by atoms with E-state index in [-0.39, 0.29) is 12.0 Å². The van der Waals surface area contributed by atoms with E-state index in [1.165, 1.54) is 6.33 Å². The summed E-state index contributed by atoms with van der Waals surface area (Å²) in [6.45, 7) is 5.45. The number of aryl methyl sites for hydroxylation is 2. The van der Waals surface area contributed by atoms with Crippen LogP contribution in [0.4, 0.5) is 11.5 Å². The van der Waals surface area contributed by atoms with Crippen molar-refractivity contribution in [1.82, 2.24) is 9.97 Å². The summed E-state index contributed by atoms with van der Waals surface area (Å²) in [6.07, 6.45) is 3.77. The molecule has 6 heteroatoms. The van der Waals surface area contributed by atoms with Gasteiger partial charge >= 0.3 is 0 Å². The largest absolute Gasteiger partial charge is 0.376 e. The second-order valence-corrected chi connectivity index (χ2v) is 6.03. The van der Waals surface area contributed by atoms with Crippen LogP contribution < -0.4 is 10.6 Å². The van der Waals surface area contributed by atoms with Gasteiger partial charge in [-0.2, -0.15) is 0 Å². The zero-order valence-electron chi connectivity index (χ0n) is 14.0. The maximum atomic E-state index is 12.5. The molecule has 1 fully saturated rings. The minimum atomic E-state index is -0.241. The summed E-state index contributed by atoms with van der Waals surface area (Å²) in [5.74, 6) is 0.391. The van der Waals surface area contributed by atoms with Gasteiger partial charge in [-0.3, -0.25) is 4.79 Å². The molecule has 1 aromatic carbocycles. The molecule has 24 heavy (non-hydrogen) atoms. The lowest BCUT2D eigenvalue weighted by molar-refractivity contribution is 0.102. The topological polar surface area (TPSA) is 76.1 Å². The van der Waals surface area contributed by atoms with Gasteiger partial charge < -0.3 is 15.4 Å². The Kier molecular flexibility index (Phi) is 5.05. The van der Waals surface area contributed by atoms with Gasteiger partial charge in [-0.25, -0.2) is 9.97 Å². The first kappa shape index (κ1) is 16.4. The van der Waals surface area contributed by atoms with Crippen molar-refractivity contribution in [1.29, 1.82) is 0 Å². The van der Waals surface area contributed by atoms with E-state index in [9.17, 15) is 4.79 Å². The van der Waals surface area contributed by atoms with E-state index in [0.717, 1.165) is 36.3 Å². The van der Waals surface area contributed by atoms with Crippen molar-refractivity contribution in [2.45, 2.75) is 32.8 Å². The van der Waals surface area contributed by atoms with Gasteiger partial charge in [-0.15, -0.1) is 0 Å². The molecule has 1 aliphatic rings. The molecule has 126 valence electrons. The number of hydrogen-bond acceptors (Lipinski definition) is 5. The van der Waals surface area contributed by atoms with Crippen molar-refractivity contribution in [3.8, 4) is 0 Å². The summed E-state index contributed by atoms with van der Waals surface area (Å²) in [7, 11) is 0. The quantitative estimate of drug-likeness (QED) is 0.883. The number of aromatic nitrogens is 2. The van der Waals surface area contributed by atoms with E-state index in [1.807, 2.05) is 32.0 Å². The molecule has 2 N–H and O–H groups in total. The van der Waals surface area contributed by atoms with Crippen molar-refractivity contribution >= 4 is 17.4 Å². The Morgan fingerprint density at radius 3 is 2.79 bits per heavy atom. The van der Waals surface area contributed by atoms with Crippen LogP contribution in [0.2, 0.25) is 0 Å². The van der Waals surface area contributed by atoms with Crippen molar-refractivity contribution < 1.29 is 9.53 Å². The molecule has 1 aromatic heterocycles. The minimum absolute atomic E-state index is 0.215. The Morgan fingerprint density at radius 2 is 2.08 bits per heavy atom.